The van der Waals surface area contributed by atoms with Crippen molar-refractivity contribution in [2.24, 2.45) is 0 Å². The molecule has 2 heterocycles. The van der Waals surface area contributed by atoms with Crippen molar-refractivity contribution in [1.29, 1.82) is 0 Å². The molecule has 4 aromatic rings. The van der Waals surface area contributed by atoms with Crippen molar-refractivity contribution in [3.63, 3.8) is 0 Å². The molecule has 2 aromatic heterocycles. The molecule has 1 N–H and O–H groups in total. The lowest BCUT2D eigenvalue weighted by Crippen LogP contribution is -2.16. The summed E-state index contributed by atoms with van der Waals surface area (Å²) in [6.07, 6.45) is 1.86. The molecule has 35 heavy (non-hydrogen) atoms. The van der Waals surface area contributed by atoms with Gasteiger partial charge in [-0.2, -0.15) is 9.59 Å². The van der Waals surface area contributed by atoms with Crippen LogP contribution < -0.4 is 5.32 Å². The number of thiophene rings is 1. The van der Waals surface area contributed by atoms with Crippen LogP contribution in [0.1, 0.15) is 59.2 Å². The molecule has 1 aliphatic rings. The van der Waals surface area contributed by atoms with Gasteiger partial charge < -0.3 is 9.26 Å². The molecule has 0 radical (unpaired) electrons. The normalized spacial score (nSPS) is 13.0. The van der Waals surface area contributed by atoms with Crippen LogP contribution in [-0.2, 0) is 14.3 Å². The largest absolute Gasteiger partial charge is 0.441 e. The third-order valence-electron chi connectivity index (χ3n) is 5.53. The van der Waals surface area contributed by atoms with Gasteiger partial charge in [0.05, 0.1) is 4.88 Å². The molecular weight excluding hydrogens is 464 g/mol. The van der Waals surface area contributed by atoms with Crippen molar-refractivity contribution < 1.29 is 23.6 Å². The van der Waals surface area contributed by atoms with Gasteiger partial charge in [0.2, 0.25) is 5.76 Å². The summed E-state index contributed by atoms with van der Waals surface area (Å²) in [4.78, 5) is 29.6. The average Bonchev–Trinajstić information content (AvgIpc) is 3.54. The molecule has 1 atom stereocenters. The molecule has 1 fully saturated rings. The molecule has 7 nitrogen and oxygen atoms in total. The molecule has 1 amide bonds. The first-order chi connectivity index (χ1) is 17.0. The van der Waals surface area contributed by atoms with Crippen molar-refractivity contribution in [2.75, 3.05) is 5.32 Å². The van der Waals surface area contributed by atoms with Crippen molar-refractivity contribution in [2.45, 2.75) is 38.7 Å². The Morgan fingerprint density at radius 3 is 2.60 bits per heavy atom. The Bertz CT molecular complexity index is 1430. The van der Waals surface area contributed by atoms with Gasteiger partial charge in [0.1, 0.15) is 17.5 Å². The lowest BCUT2D eigenvalue weighted by molar-refractivity contribution is -0.191. The molecule has 176 valence electrons. The molecule has 8 heteroatoms. The van der Waals surface area contributed by atoms with E-state index in [-0.39, 0.29) is 12.3 Å². The summed E-state index contributed by atoms with van der Waals surface area (Å²) >= 11 is 1.66. The van der Waals surface area contributed by atoms with E-state index in [1.165, 1.54) is 28.5 Å². The summed E-state index contributed by atoms with van der Waals surface area (Å²) in [5.74, 6) is 7.20. The number of fused-ring (bicyclic) bond motifs is 1. The second kappa shape index (κ2) is 10.8. The number of aryl methyl sites for hydroxylation is 1. The van der Waals surface area contributed by atoms with Crippen LogP contribution in [0.3, 0.4) is 0 Å². The van der Waals surface area contributed by atoms with Gasteiger partial charge in [-0.15, -0.1) is 11.3 Å². The molecule has 0 saturated heterocycles. The number of hydrogen-bond acceptors (Lipinski definition) is 7. The van der Waals surface area contributed by atoms with E-state index >= 15 is 0 Å². The minimum absolute atomic E-state index is 0.250. The Labute approximate surface area is 206 Å². The number of carbonyl (C=O) groups excluding carboxylic acids is 3. The number of benzene rings is 2. The van der Waals surface area contributed by atoms with Crippen LogP contribution in [0.5, 0.6) is 0 Å². The zero-order chi connectivity index (χ0) is 24.8. The Balaban J connectivity index is 0.000000917. The first-order valence-electron chi connectivity index (χ1n) is 11.0. The van der Waals surface area contributed by atoms with Gasteiger partial charge in [0.25, 0.3) is 0 Å². The summed E-state index contributed by atoms with van der Waals surface area (Å²) in [7, 11) is 0. The van der Waals surface area contributed by atoms with Crippen molar-refractivity contribution >= 4 is 39.4 Å². The van der Waals surface area contributed by atoms with Crippen LogP contribution in [0.25, 0.3) is 10.1 Å². The van der Waals surface area contributed by atoms with Crippen molar-refractivity contribution in [3.05, 3.63) is 82.1 Å². The minimum atomic E-state index is -0.579. The Kier molecular flexibility index (Phi) is 7.41. The van der Waals surface area contributed by atoms with Gasteiger partial charge in [-0.3, -0.25) is 5.32 Å². The summed E-state index contributed by atoms with van der Waals surface area (Å²) in [6.45, 7) is 3.58. The van der Waals surface area contributed by atoms with E-state index < -0.39 is 6.09 Å². The fourth-order valence-corrected chi connectivity index (χ4v) is 4.55. The summed E-state index contributed by atoms with van der Waals surface area (Å²) in [6, 6.07) is 18.3. The number of aromatic nitrogens is 1. The van der Waals surface area contributed by atoms with E-state index in [1.807, 2.05) is 37.3 Å². The van der Waals surface area contributed by atoms with E-state index in [9.17, 15) is 4.79 Å². The first-order valence-corrected chi connectivity index (χ1v) is 11.8. The third-order valence-corrected chi connectivity index (χ3v) is 6.55. The van der Waals surface area contributed by atoms with Gasteiger partial charge in [-0.25, -0.2) is 4.79 Å². The molecule has 2 aromatic carbocycles. The average molecular weight is 487 g/mol. The number of ether oxygens (including phenoxy) is 1. The van der Waals surface area contributed by atoms with E-state index in [0.717, 1.165) is 16.4 Å². The van der Waals surface area contributed by atoms with Crippen molar-refractivity contribution in [1.82, 2.24) is 5.16 Å². The topological polar surface area (TPSA) is 98.5 Å². The number of hydrogen-bond donors (Lipinski definition) is 1. The van der Waals surface area contributed by atoms with E-state index in [2.05, 4.69) is 46.6 Å². The van der Waals surface area contributed by atoms with Gasteiger partial charge in [0.15, 0.2) is 0 Å². The molecule has 1 saturated carbocycles. The Morgan fingerprint density at radius 1 is 1.14 bits per heavy atom. The second-order valence-electron chi connectivity index (χ2n) is 8.07. The van der Waals surface area contributed by atoms with Crippen molar-refractivity contribution in [3.8, 4) is 11.8 Å². The quantitative estimate of drug-likeness (QED) is 0.345. The van der Waals surface area contributed by atoms with Gasteiger partial charge in [-0.1, -0.05) is 47.6 Å². The second-order valence-corrected chi connectivity index (χ2v) is 9.15. The van der Waals surface area contributed by atoms with Crippen LogP contribution in [0, 0.1) is 18.8 Å². The zero-order valence-corrected chi connectivity index (χ0v) is 20.0. The Hall–Kier alpha value is -4.18. The predicted molar refractivity (Wildman–Crippen MR) is 131 cm³/mol. The fourth-order valence-electron chi connectivity index (χ4n) is 3.58. The predicted octanol–water partition coefficient (Wildman–Crippen LogP) is 6.20. The number of carbonyl (C=O) groups is 1. The maximum Gasteiger partial charge on any atom is 0.412 e. The lowest BCUT2D eigenvalue weighted by atomic mass is 10.1. The van der Waals surface area contributed by atoms with E-state index in [4.69, 9.17) is 18.8 Å². The number of anilines is 1. The number of nitrogens with zero attached hydrogens (tertiary/aromatic N) is 1. The lowest BCUT2D eigenvalue weighted by Gasteiger charge is -2.13. The number of amides is 1. The van der Waals surface area contributed by atoms with Gasteiger partial charge in [0, 0.05) is 4.70 Å². The van der Waals surface area contributed by atoms with Gasteiger partial charge in [-0.05, 0) is 73.1 Å². The highest BCUT2D eigenvalue weighted by molar-refractivity contribution is 7.19. The molecule has 0 spiro atoms. The van der Waals surface area contributed by atoms with Crippen LogP contribution in [0.4, 0.5) is 10.5 Å². The standard InChI is InChI=1S/C26H22N2O3S.CO2/c1-16-25(27-26(29)30-17(2)18-6-4-3-5-7-18)23(31-28-16)13-12-22-14-21-11-10-20(19-8-9-19)15-24(21)32-22;2-1-3/h3-7,10-11,14-15,17,19H,8-9H2,1-2H3,(H,27,29);. The first kappa shape index (κ1) is 24.0. The summed E-state index contributed by atoms with van der Waals surface area (Å²) in [5.41, 5.74) is 3.31. The zero-order valence-electron chi connectivity index (χ0n) is 19.2. The SMILES string of the molecule is Cc1noc(C#Cc2cc3ccc(C4CC4)cc3s2)c1NC(=O)OC(C)c1ccccc1.O=C=O. The smallest absolute Gasteiger partial charge is 0.412 e. The monoisotopic (exact) mass is 486 g/mol. The Morgan fingerprint density at radius 2 is 1.89 bits per heavy atom. The minimum Gasteiger partial charge on any atom is -0.441 e. The highest BCUT2D eigenvalue weighted by Crippen LogP contribution is 2.41. The van der Waals surface area contributed by atoms with E-state index in [0.29, 0.717) is 17.1 Å². The highest BCUT2D eigenvalue weighted by atomic mass is 32.1. The number of rotatable bonds is 4. The maximum absolute atomic E-state index is 12.4. The van der Waals surface area contributed by atoms with Crippen LogP contribution >= 0.6 is 11.3 Å². The van der Waals surface area contributed by atoms with Gasteiger partial charge >= 0.3 is 12.2 Å². The van der Waals surface area contributed by atoms with E-state index in [1.54, 1.807) is 18.3 Å². The number of nitrogens with one attached hydrogen (secondary N) is 1. The van der Waals surface area contributed by atoms with Crippen LogP contribution in [-0.4, -0.2) is 17.4 Å². The molecule has 1 unspecified atom stereocenters. The summed E-state index contributed by atoms with van der Waals surface area (Å²) < 4.78 is 12.1. The third kappa shape index (κ3) is 6.04. The highest BCUT2D eigenvalue weighted by Gasteiger charge is 2.23. The van der Waals surface area contributed by atoms with Crippen LogP contribution in [0.2, 0.25) is 0 Å². The molecular formula is C27H22N2O5S. The maximum atomic E-state index is 12.4. The molecule has 0 aliphatic heterocycles. The molecule has 0 bridgehead atoms. The van der Waals surface area contributed by atoms with Crippen LogP contribution in [0.15, 0.2) is 59.1 Å². The molecule has 1 aliphatic carbocycles. The fraction of sp³-hybridized carbons (Fsp3) is 0.222. The molecule has 5 rings (SSSR count). The summed E-state index contributed by atoms with van der Waals surface area (Å²) in [5, 5.41) is 7.88.